The Balaban J connectivity index is 1.45. The molecule has 37 heavy (non-hydrogen) atoms. The molecular weight excluding hydrogens is 462 g/mol. The number of hydrogen-bond donors (Lipinski definition) is 0. The molecule has 0 bridgehead atoms. The second-order valence-electron chi connectivity index (χ2n) is 9.29. The molecule has 0 amide bonds. The molecule has 5 heteroatoms. The van der Waals surface area contributed by atoms with E-state index in [0.29, 0.717) is 18.1 Å². The minimum Gasteiger partial charge on any atom is -0.493 e. The van der Waals surface area contributed by atoms with Gasteiger partial charge in [0, 0.05) is 18.2 Å². The van der Waals surface area contributed by atoms with Crippen molar-refractivity contribution in [3.63, 3.8) is 0 Å². The topological polar surface area (TPSA) is 40.2 Å². The molecule has 0 aliphatic carbocycles. The Bertz CT molecular complexity index is 1320. The van der Waals surface area contributed by atoms with Crippen molar-refractivity contribution in [1.29, 1.82) is 0 Å². The highest BCUT2D eigenvalue weighted by molar-refractivity contribution is 5.54. The zero-order valence-corrected chi connectivity index (χ0v) is 21.6. The first-order chi connectivity index (χ1) is 18.2. The van der Waals surface area contributed by atoms with Gasteiger partial charge in [-0.1, -0.05) is 60.7 Å². The molecule has 190 valence electrons. The lowest BCUT2D eigenvalue weighted by Gasteiger charge is -2.36. The van der Waals surface area contributed by atoms with Crippen LogP contribution >= 0.6 is 0 Å². The third kappa shape index (κ3) is 5.57. The molecule has 0 radical (unpaired) electrons. The average Bonchev–Trinajstić information content (AvgIpc) is 2.95. The van der Waals surface area contributed by atoms with Crippen LogP contribution in [0.2, 0.25) is 0 Å². The Kier molecular flexibility index (Phi) is 7.62. The van der Waals surface area contributed by atoms with Crippen molar-refractivity contribution < 1.29 is 18.9 Å². The molecule has 1 atom stereocenters. The van der Waals surface area contributed by atoms with E-state index >= 15 is 0 Å². The highest BCUT2D eigenvalue weighted by Crippen LogP contribution is 2.44. The lowest BCUT2D eigenvalue weighted by atomic mass is 9.88. The van der Waals surface area contributed by atoms with Crippen molar-refractivity contribution in [3.8, 4) is 28.7 Å². The van der Waals surface area contributed by atoms with Crippen LogP contribution in [-0.2, 0) is 19.4 Å². The number of benzene rings is 4. The molecule has 5 nitrogen and oxygen atoms in total. The van der Waals surface area contributed by atoms with Gasteiger partial charge in [0.25, 0.3) is 0 Å². The van der Waals surface area contributed by atoms with Crippen LogP contribution in [0.25, 0.3) is 0 Å². The van der Waals surface area contributed by atoms with Crippen molar-refractivity contribution in [2.75, 3.05) is 27.8 Å². The summed E-state index contributed by atoms with van der Waals surface area (Å²) < 4.78 is 24.0. The number of ether oxygens (including phenoxy) is 4. The van der Waals surface area contributed by atoms with Crippen molar-refractivity contribution in [3.05, 3.63) is 113 Å². The van der Waals surface area contributed by atoms with E-state index in [9.17, 15) is 0 Å². The first-order valence-corrected chi connectivity index (χ1v) is 12.6. The molecule has 0 fully saturated rings. The summed E-state index contributed by atoms with van der Waals surface area (Å²) >= 11 is 0. The maximum Gasteiger partial charge on any atom is 0.169 e. The van der Waals surface area contributed by atoms with Crippen LogP contribution in [0.4, 0.5) is 0 Å². The summed E-state index contributed by atoms with van der Waals surface area (Å²) in [6, 6.07) is 30.5. The highest BCUT2D eigenvalue weighted by atomic mass is 16.5. The van der Waals surface area contributed by atoms with Crippen LogP contribution in [-0.4, -0.2) is 32.7 Å². The van der Waals surface area contributed by atoms with Gasteiger partial charge in [-0.3, -0.25) is 4.90 Å². The Morgan fingerprint density at radius 3 is 2.19 bits per heavy atom. The van der Waals surface area contributed by atoms with Gasteiger partial charge in [0.05, 0.1) is 14.2 Å². The Morgan fingerprint density at radius 2 is 1.46 bits per heavy atom. The molecule has 0 saturated carbocycles. The first kappa shape index (κ1) is 24.7. The maximum atomic E-state index is 6.46. The predicted molar refractivity (Wildman–Crippen MR) is 146 cm³/mol. The molecule has 1 heterocycles. The molecule has 0 spiro atoms. The first-order valence-electron chi connectivity index (χ1n) is 12.6. The molecule has 4 aromatic rings. The molecule has 5 rings (SSSR count). The molecule has 1 unspecified atom stereocenters. The Hall–Kier alpha value is -3.96. The van der Waals surface area contributed by atoms with Crippen LogP contribution in [0.5, 0.6) is 28.7 Å². The zero-order chi connectivity index (χ0) is 25.6. The van der Waals surface area contributed by atoms with Crippen molar-refractivity contribution in [2.24, 2.45) is 0 Å². The monoisotopic (exact) mass is 495 g/mol. The molecule has 1 aliphatic rings. The van der Waals surface area contributed by atoms with Gasteiger partial charge in [-0.25, -0.2) is 0 Å². The standard InChI is InChI=1S/C32H33NO4/c1-33-19-18-25-15-17-29(34-2)32(36-22-23-10-6-4-7-11-23)31(25)27(33)20-24-14-16-28(30(21-24)35-3)37-26-12-8-5-9-13-26/h4-17,21,27H,18-20,22H2,1-3H3. The Morgan fingerprint density at radius 1 is 0.757 bits per heavy atom. The lowest BCUT2D eigenvalue weighted by Crippen LogP contribution is -2.34. The number of fused-ring (bicyclic) bond motifs is 1. The van der Waals surface area contributed by atoms with E-state index < -0.39 is 0 Å². The summed E-state index contributed by atoms with van der Waals surface area (Å²) in [7, 11) is 5.56. The lowest BCUT2D eigenvalue weighted by molar-refractivity contribution is 0.212. The second kappa shape index (κ2) is 11.4. The summed E-state index contributed by atoms with van der Waals surface area (Å²) in [5, 5.41) is 0. The zero-order valence-electron chi connectivity index (χ0n) is 21.6. The molecule has 0 aromatic heterocycles. The average molecular weight is 496 g/mol. The largest absolute Gasteiger partial charge is 0.493 e. The van der Waals surface area contributed by atoms with E-state index in [0.717, 1.165) is 42.2 Å². The number of likely N-dealkylation sites (N-methyl/N-ethyl adjacent to an activating group) is 1. The summed E-state index contributed by atoms with van der Waals surface area (Å²) in [5.74, 6) is 3.78. The van der Waals surface area contributed by atoms with E-state index in [4.69, 9.17) is 18.9 Å². The summed E-state index contributed by atoms with van der Waals surface area (Å²) in [6.07, 6.45) is 1.78. The van der Waals surface area contributed by atoms with Gasteiger partial charge in [-0.2, -0.15) is 0 Å². The number of para-hydroxylation sites is 1. The van der Waals surface area contributed by atoms with Gasteiger partial charge in [0.1, 0.15) is 12.4 Å². The smallest absolute Gasteiger partial charge is 0.169 e. The van der Waals surface area contributed by atoms with Crippen molar-refractivity contribution >= 4 is 0 Å². The van der Waals surface area contributed by atoms with Crippen LogP contribution in [0.1, 0.15) is 28.3 Å². The van der Waals surface area contributed by atoms with Gasteiger partial charge in [0.2, 0.25) is 0 Å². The molecule has 0 saturated heterocycles. The number of rotatable bonds is 9. The summed E-state index contributed by atoms with van der Waals surface area (Å²) in [6.45, 7) is 1.47. The fourth-order valence-corrected chi connectivity index (χ4v) is 4.94. The minimum absolute atomic E-state index is 0.134. The summed E-state index contributed by atoms with van der Waals surface area (Å²) in [4.78, 5) is 2.40. The van der Waals surface area contributed by atoms with Crippen molar-refractivity contribution in [2.45, 2.75) is 25.5 Å². The molecular formula is C32H33NO4. The predicted octanol–water partition coefficient (Wildman–Crippen LogP) is 6.85. The highest BCUT2D eigenvalue weighted by Gasteiger charge is 2.30. The van der Waals surface area contributed by atoms with Gasteiger partial charge < -0.3 is 18.9 Å². The van der Waals surface area contributed by atoms with Crippen LogP contribution < -0.4 is 18.9 Å². The Labute approximate surface area is 219 Å². The molecule has 1 aliphatic heterocycles. The van der Waals surface area contributed by atoms with E-state index in [1.165, 1.54) is 16.7 Å². The van der Waals surface area contributed by atoms with Gasteiger partial charge in [-0.05, 0) is 66.9 Å². The molecule has 4 aromatic carbocycles. The third-order valence-electron chi connectivity index (χ3n) is 6.92. The maximum absolute atomic E-state index is 6.46. The number of methoxy groups -OCH3 is 2. The number of nitrogens with zero attached hydrogens (tertiary/aromatic N) is 1. The van der Waals surface area contributed by atoms with Gasteiger partial charge in [0.15, 0.2) is 23.0 Å². The van der Waals surface area contributed by atoms with Gasteiger partial charge >= 0.3 is 0 Å². The number of hydrogen-bond acceptors (Lipinski definition) is 5. The summed E-state index contributed by atoms with van der Waals surface area (Å²) in [5.41, 5.74) is 4.80. The fraction of sp³-hybridized carbons (Fsp3) is 0.250. The van der Waals surface area contributed by atoms with Crippen LogP contribution in [0.3, 0.4) is 0 Å². The second-order valence-corrected chi connectivity index (χ2v) is 9.29. The van der Waals surface area contributed by atoms with E-state index in [-0.39, 0.29) is 6.04 Å². The van der Waals surface area contributed by atoms with E-state index in [1.807, 2.05) is 60.7 Å². The molecule has 0 N–H and O–H groups in total. The van der Waals surface area contributed by atoms with E-state index in [1.54, 1.807) is 14.2 Å². The fourth-order valence-electron chi connectivity index (χ4n) is 4.94. The van der Waals surface area contributed by atoms with Crippen LogP contribution in [0, 0.1) is 0 Å². The minimum atomic E-state index is 0.134. The van der Waals surface area contributed by atoms with E-state index in [2.05, 4.69) is 42.3 Å². The normalized spacial score (nSPS) is 15.1. The third-order valence-corrected chi connectivity index (χ3v) is 6.92. The van der Waals surface area contributed by atoms with Gasteiger partial charge in [-0.15, -0.1) is 0 Å². The SMILES string of the molecule is COc1cc(CC2c3c(ccc(OC)c3OCc3ccccc3)CCN2C)ccc1Oc1ccccc1. The van der Waals surface area contributed by atoms with Crippen molar-refractivity contribution in [1.82, 2.24) is 4.90 Å². The van der Waals surface area contributed by atoms with Crippen LogP contribution in [0.15, 0.2) is 91.0 Å². The quantitative estimate of drug-likeness (QED) is 0.254.